The number of ether oxygens (including phenoxy) is 1. The van der Waals surface area contributed by atoms with Gasteiger partial charge in [-0.15, -0.1) is 0 Å². The summed E-state index contributed by atoms with van der Waals surface area (Å²) in [4.78, 5) is 12.4. The minimum atomic E-state index is -0.110. The summed E-state index contributed by atoms with van der Waals surface area (Å²) in [5.74, 6) is 0.0930. The number of carbonyl (C=O) groups excluding carboxylic acids is 1. The molecule has 0 unspecified atom stereocenters. The first-order valence-corrected chi connectivity index (χ1v) is 7.86. The molecule has 1 saturated heterocycles. The minimum Gasteiger partial charge on any atom is -0.508 e. The second-order valence-corrected chi connectivity index (χ2v) is 5.88. The molecule has 1 amide bonds. The maximum Gasteiger partial charge on any atom is 0.251 e. The molecule has 1 aliphatic heterocycles. The van der Waals surface area contributed by atoms with Gasteiger partial charge < -0.3 is 15.2 Å². The van der Waals surface area contributed by atoms with E-state index in [1.807, 2.05) is 18.2 Å². The number of phenolic OH excluding ortho intramolecular Hbond substituents is 1. The zero-order valence-corrected chi connectivity index (χ0v) is 13.0. The van der Waals surface area contributed by atoms with Crippen molar-refractivity contribution in [1.29, 1.82) is 0 Å². The molecule has 0 spiro atoms. The molecule has 6 nitrogen and oxygen atoms in total. The number of hydrogen-bond acceptors (Lipinski definition) is 4. The predicted molar refractivity (Wildman–Crippen MR) is 89.4 cm³/mol. The number of nitrogens with one attached hydrogen (secondary N) is 1. The van der Waals surface area contributed by atoms with E-state index in [9.17, 15) is 9.90 Å². The van der Waals surface area contributed by atoms with Crippen LogP contribution in [0.4, 0.5) is 0 Å². The SMILES string of the molecule is O=C(N[C@@H]1CCOC1)c1cccc(-n2ncc3cc(O)ccc32)c1. The lowest BCUT2D eigenvalue weighted by Crippen LogP contribution is -2.35. The molecule has 3 aromatic rings. The van der Waals surface area contributed by atoms with Gasteiger partial charge in [0.1, 0.15) is 5.75 Å². The highest BCUT2D eigenvalue weighted by molar-refractivity contribution is 5.95. The molecular formula is C18H17N3O3. The Morgan fingerprint density at radius 1 is 1.29 bits per heavy atom. The predicted octanol–water partition coefficient (Wildman–Crippen LogP) is 2.25. The van der Waals surface area contributed by atoms with Crippen LogP contribution in [0.25, 0.3) is 16.6 Å². The number of fused-ring (bicyclic) bond motifs is 1. The average Bonchev–Trinajstić information content (AvgIpc) is 3.24. The quantitative estimate of drug-likeness (QED) is 0.775. The van der Waals surface area contributed by atoms with Crippen molar-refractivity contribution in [2.45, 2.75) is 12.5 Å². The number of amides is 1. The van der Waals surface area contributed by atoms with E-state index < -0.39 is 0 Å². The fourth-order valence-electron chi connectivity index (χ4n) is 2.92. The van der Waals surface area contributed by atoms with Gasteiger partial charge in [-0.05, 0) is 42.8 Å². The monoisotopic (exact) mass is 323 g/mol. The van der Waals surface area contributed by atoms with E-state index in [-0.39, 0.29) is 17.7 Å². The fraction of sp³-hybridized carbons (Fsp3) is 0.222. The van der Waals surface area contributed by atoms with Crippen LogP contribution < -0.4 is 5.32 Å². The Bertz CT molecular complexity index is 897. The van der Waals surface area contributed by atoms with Crippen LogP contribution in [-0.4, -0.2) is 40.0 Å². The molecule has 2 N–H and O–H groups in total. The van der Waals surface area contributed by atoms with E-state index in [0.29, 0.717) is 18.8 Å². The summed E-state index contributed by atoms with van der Waals surface area (Å²) in [5.41, 5.74) is 2.25. The molecule has 2 heterocycles. The molecule has 0 saturated carbocycles. The molecule has 122 valence electrons. The lowest BCUT2D eigenvalue weighted by atomic mass is 10.1. The fourth-order valence-corrected chi connectivity index (χ4v) is 2.92. The van der Waals surface area contributed by atoms with Gasteiger partial charge in [0.05, 0.1) is 30.0 Å². The molecule has 0 aliphatic carbocycles. The second kappa shape index (κ2) is 5.98. The normalized spacial score (nSPS) is 17.2. The van der Waals surface area contributed by atoms with Crippen molar-refractivity contribution in [3.05, 3.63) is 54.2 Å². The van der Waals surface area contributed by atoms with Crippen molar-refractivity contribution < 1.29 is 14.6 Å². The van der Waals surface area contributed by atoms with Gasteiger partial charge >= 0.3 is 0 Å². The Kier molecular flexibility index (Phi) is 3.66. The van der Waals surface area contributed by atoms with Crippen molar-refractivity contribution in [2.24, 2.45) is 0 Å². The van der Waals surface area contributed by atoms with Crippen molar-refractivity contribution in [3.8, 4) is 11.4 Å². The average molecular weight is 323 g/mol. The van der Waals surface area contributed by atoms with E-state index >= 15 is 0 Å². The first kappa shape index (κ1) is 14.7. The van der Waals surface area contributed by atoms with Crippen LogP contribution in [0.1, 0.15) is 16.8 Å². The van der Waals surface area contributed by atoms with E-state index in [0.717, 1.165) is 23.0 Å². The first-order valence-electron chi connectivity index (χ1n) is 7.86. The molecule has 1 aliphatic rings. The largest absolute Gasteiger partial charge is 0.508 e. The molecule has 0 radical (unpaired) electrons. The molecule has 1 aromatic heterocycles. The van der Waals surface area contributed by atoms with Gasteiger partial charge in [0, 0.05) is 17.6 Å². The number of hydrogen-bond donors (Lipinski definition) is 2. The minimum absolute atomic E-state index is 0.0784. The summed E-state index contributed by atoms with van der Waals surface area (Å²) < 4.78 is 7.04. The van der Waals surface area contributed by atoms with Crippen LogP contribution in [0.2, 0.25) is 0 Å². The lowest BCUT2D eigenvalue weighted by Gasteiger charge is -2.11. The zero-order valence-electron chi connectivity index (χ0n) is 13.0. The zero-order chi connectivity index (χ0) is 16.5. The van der Waals surface area contributed by atoms with Gasteiger partial charge in [0.15, 0.2) is 0 Å². The first-order chi connectivity index (χ1) is 11.7. The summed E-state index contributed by atoms with van der Waals surface area (Å²) in [5, 5.41) is 17.8. The van der Waals surface area contributed by atoms with Crippen molar-refractivity contribution in [3.63, 3.8) is 0 Å². The third kappa shape index (κ3) is 2.72. The van der Waals surface area contributed by atoms with E-state index in [2.05, 4.69) is 10.4 Å². The summed E-state index contributed by atoms with van der Waals surface area (Å²) in [6.45, 7) is 1.26. The summed E-state index contributed by atoms with van der Waals surface area (Å²) in [6.07, 6.45) is 2.54. The highest BCUT2D eigenvalue weighted by atomic mass is 16.5. The maximum atomic E-state index is 12.4. The number of rotatable bonds is 3. The van der Waals surface area contributed by atoms with E-state index in [1.165, 1.54) is 0 Å². The van der Waals surface area contributed by atoms with Crippen LogP contribution >= 0.6 is 0 Å². The van der Waals surface area contributed by atoms with Gasteiger partial charge in [0.25, 0.3) is 5.91 Å². The third-order valence-corrected chi connectivity index (χ3v) is 4.17. The molecule has 0 bridgehead atoms. The van der Waals surface area contributed by atoms with Gasteiger partial charge in [-0.25, -0.2) is 4.68 Å². The number of aromatic hydroxyl groups is 1. The Balaban J connectivity index is 1.65. The topological polar surface area (TPSA) is 76.4 Å². The Morgan fingerprint density at radius 3 is 3.04 bits per heavy atom. The Morgan fingerprint density at radius 2 is 2.21 bits per heavy atom. The summed E-state index contributed by atoms with van der Waals surface area (Å²) in [6, 6.07) is 12.5. The number of benzene rings is 2. The molecule has 24 heavy (non-hydrogen) atoms. The molecule has 4 rings (SSSR count). The van der Waals surface area contributed by atoms with Crippen LogP contribution in [-0.2, 0) is 4.74 Å². The Labute approximate surface area is 138 Å². The van der Waals surface area contributed by atoms with Crippen LogP contribution in [0, 0.1) is 0 Å². The summed E-state index contributed by atoms with van der Waals surface area (Å²) >= 11 is 0. The molecule has 6 heteroatoms. The number of phenols is 1. The Hall–Kier alpha value is -2.86. The van der Waals surface area contributed by atoms with Crippen molar-refractivity contribution in [2.75, 3.05) is 13.2 Å². The number of carbonyl (C=O) groups is 1. The van der Waals surface area contributed by atoms with Gasteiger partial charge in [-0.1, -0.05) is 6.07 Å². The molecule has 2 aromatic carbocycles. The van der Waals surface area contributed by atoms with Gasteiger partial charge in [-0.2, -0.15) is 5.10 Å². The lowest BCUT2D eigenvalue weighted by molar-refractivity contribution is 0.0930. The third-order valence-electron chi connectivity index (χ3n) is 4.17. The van der Waals surface area contributed by atoms with E-state index in [1.54, 1.807) is 35.1 Å². The van der Waals surface area contributed by atoms with Crippen LogP contribution in [0.3, 0.4) is 0 Å². The van der Waals surface area contributed by atoms with Crippen molar-refractivity contribution >= 4 is 16.8 Å². The highest BCUT2D eigenvalue weighted by Gasteiger charge is 2.19. The number of nitrogens with zero attached hydrogens (tertiary/aromatic N) is 2. The highest BCUT2D eigenvalue weighted by Crippen LogP contribution is 2.22. The summed E-state index contributed by atoms with van der Waals surface area (Å²) in [7, 11) is 0. The van der Waals surface area contributed by atoms with Crippen molar-refractivity contribution in [1.82, 2.24) is 15.1 Å². The van der Waals surface area contributed by atoms with E-state index in [4.69, 9.17) is 4.74 Å². The number of aromatic nitrogens is 2. The van der Waals surface area contributed by atoms with Gasteiger partial charge in [0.2, 0.25) is 0 Å². The van der Waals surface area contributed by atoms with Crippen LogP contribution in [0.5, 0.6) is 5.75 Å². The molecule has 1 atom stereocenters. The molecule has 1 fully saturated rings. The molecular weight excluding hydrogens is 306 g/mol. The van der Waals surface area contributed by atoms with Crippen LogP contribution in [0.15, 0.2) is 48.7 Å². The second-order valence-electron chi connectivity index (χ2n) is 5.88. The maximum absolute atomic E-state index is 12.4. The van der Waals surface area contributed by atoms with Gasteiger partial charge in [-0.3, -0.25) is 4.79 Å². The standard InChI is InChI=1S/C18H17N3O3/c22-16-4-5-17-13(9-16)10-19-21(17)15-3-1-2-12(8-15)18(23)20-14-6-7-24-11-14/h1-5,8-10,14,22H,6-7,11H2,(H,20,23)/t14-/m1/s1. The smallest absolute Gasteiger partial charge is 0.251 e.